The van der Waals surface area contributed by atoms with Gasteiger partial charge in [0.2, 0.25) is 0 Å². The Morgan fingerprint density at radius 2 is 1.78 bits per heavy atom. The molecule has 18 heavy (non-hydrogen) atoms. The van der Waals surface area contributed by atoms with Gasteiger partial charge in [0, 0.05) is 17.3 Å². The van der Waals surface area contributed by atoms with Crippen LogP contribution in [-0.4, -0.2) is 16.9 Å². The van der Waals surface area contributed by atoms with Crippen LogP contribution in [0.3, 0.4) is 0 Å². The third-order valence-corrected chi connectivity index (χ3v) is 3.16. The molecule has 2 nitrogen and oxygen atoms in total. The van der Waals surface area contributed by atoms with Gasteiger partial charge in [-0.3, -0.25) is 4.99 Å². The number of phenolic OH excluding ortho intramolecular Hbond substituents is 1. The molecule has 2 heteroatoms. The molecule has 0 fully saturated rings. The molecule has 0 aliphatic carbocycles. The number of hydrogen-bond donors (Lipinski definition) is 1. The molecule has 0 bridgehead atoms. The van der Waals surface area contributed by atoms with Crippen LogP contribution in [0.5, 0.6) is 5.75 Å². The molecule has 102 valence electrons. The van der Waals surface area contributed by atoms with Crippen molar-refractivity contribution in [3.05, 3.63) is 29.8 Å². The molecule has 0 aromatic heterocycles. The third kappa shape index (κ3) is 4.91. The van der Waals surface area contributed by atoms with E-state index in [-0.39, 0.29) is 0 Å². The summed E-state index contributed by atoms with van der Waals surface area (Å²) in [5.74, 6) is 0.876. The lowest BCUT2D eigenvalue weighted by molar-refractivity contribution is 0.468. The summed E-state index contributed by atoms with van der Waals surface area (Å²) in [6.45, 7) is 12.4. The smallest absolute Gasteiger partial charge is 0.124 e. The first-order chi connectivity index (χ1) is 8.56. The maximum Gasteiger partial charge on any atom is 0.124 e. The van der Waals surface area contributed by atoms with Crippen LogP contribution in [0.1, 0.15) is 53.5 Å². The van der Waals surface area contributed by atoms with E-state index >= 15 is 0 Å². The van der Waals surface area contributed by atoms with Crippen LogP contribution >= 0.6 is 0 Å². The van der Waals surface area contributed by atoms with Crippen molar-refractivity contribution in [1.29, 1.82) is 0 Å². The Hall–Kier alpha value is -1.31. The van der Waals surface area contributed by atoms with Crippen LogP contribution < -0.4 is 0 Å². The highest BCUT2D eigenvalue weighted by atomic mass is 16.3. The van der Waals surface area contributed by atoms with Gasteiger partial charge in [0.25, 0.3) is 0 Å². The molecule has 0 radical (unpaired) electrons. The number of rotatable bonds is 4. The van der Waals surface area contributed by atoms with Crippen molar-refractivity contribution in [3.8, 4) is 5.75 Å². The molecule has 1 N–H and O–H groups in total. The van der Waals surface area contributed by atoms with Crippen LogP contribution in [0.4, 0.5) is 0 Å². The van der Waals surface area contributed by atoms with E-state index in [1.54, 1.807) is 6.07 Å². The molecule has 0 heterocycles. The van der Waals surface area contributed by atoms with Gasteiger partial charge in [-0.05, 0) is 31.9 Å². The van der Waals surface area contributed by atoms with Crippen molar-refractivity contribution in [2.24, 2.45) is 10.9 Å². The van der Waals surface area contributed by atoms with Crippen LogP contribution in [0, 0.1) is 5.92 Å². The summed E-state index contributed by atoms with van der Waals surface area (Å²) < 4.78 is 0. The Kier molecular flexibility index (Phi) is 8.10. The first-order valence-corrected chi connectivity index (χ1v) is 6.89. The van der Waals surface area contributed by atoms with Gasteiger partial charge in [-0.15, -0.1) is 0 Å². The second kappa shape index (κ2) is 8.73. The molecule has 0 spiro atoms. The van der Waals surface area contributed by atoms with Gasteiger partial charge in [0.1, 0.15) is 5.75 Å². The molecule has 0 aliphatic rings. The van der Waals surface area contributed by atoms with Gasteiger partial charge >= 0.3 is 0 Å². The minimum Gasteiger partial charge on any atom is -0.507 e. The lowest BCUT2D eigenvalue weighted by Crippen LogP contribution is -2.13. The van der Waals surface area contributed by atoms with Crippen LogP contribution in [0.15, 0.2) is 29.3 Å². The Morgan fingerprint density at radius 3 is 2.28 bits per heavy atom. The molecule has 2 atom stereocenters. The first-order valence-electron chi connectivity index (χ1n) is 6.89. The summed E-state index contributed by atoms with van der Waals surface area (Å²) in [7, 11) is 0. The Balaban J connectivity index is 0.00000137. The van der Waals surface area contributed by atoms with Gasteiger partial charge in [0.05, 0.1) is 0 Å². The Morgan fingerprint density at radius 1 is 1.22 bits per heavy atom. The van der Waals surface area contributed by atoms with Crippen molar-refractivity contribution >= 4 is 5.71 Å². The molecular weight excluding hydrogens is 222 g/mol. The minimum atomic E-state index is 0.296. The van der Waals surface area contributed by atoms with Crippen molar-refractivity contribution in [3.63, 3.8) is 0 Å². The summed E-state index contributed by atoms with van der Waals surface area (Å²) in [5, 5.41) is 9.71. The Labute approximate surface area is 112 Å². The van der Waals surface area contributed by atoms with Gasteiger partial charge in [-0.1, -0.05) is 46.2 Å². The van der Waals surface area contributed by atoms with Crippen molar-refractivity contribution in [1.82, 2.24) is 0 Å². The molecule has 1 aromatic carbocycles. The standard InChI is InChI=1S/C14H21NO.C2H6/c1-5-10(2)11(3)15-12(4)13-8-6-7-9-14(13)16;1-2/h6-11,16H,5H2,1-4H3;1-2H3. The van der Waals surface area contributed by atoms with Crippen molar-refractivity contribution < 1.29 is 5.11 Å². The molecular formula is C16H27NO. The second-order valence-corrected chi connectivity index (χ2v) is 4.36. The fourth-order valence-corrected chi connectivity index (χ4v) is 1.62. The average molecular weight is 249 g/mol. The highest BCUT2D eigenvalue weighted by Gasteiger charge is 2.10. The number of para-hydroxylation sites is 1. The molecule has 0 amide bonds. The normalized spacial score (nSPS) is 14.4. The summed E-state index contributed by atoms with van der Waals surface area (Å²) in [6, 6.07) is 7.64. The molecule has 0 saturated carbocycles. The number of hydrogen-bond acceptors (Lipinski definition) is 2. The molecule has 2 unspecified atom stereocenters. The topological polar surface area (TPSA) is 32.6 Å². The lowest BCUT2D eigenvalue weighted by atomic mass is 10.0. The number of aromatic hydroxyl groups is 1. The van der Waals surface area contributed by atoms with Crippen molar-refractivity contribution in [2.75, 3.05) is 0 Å². The molecule has 0 saturated heterocycles. The Bertz CT molecular complexity index is 371. The maximum absolute atomic E-state index is 9.71. The van der Waals surface area contributed by atoms with Crippen LogP contribution in [-0.2, 0) is 0 Å². The number of benzene rings is 1. The van der Waals surface area contributed by atoms with Crippen LogP contribution in [0.2, 0.25) is 0 Å². The molecule has 1 aromatic rings. The highest BCUT2D eigenvalue weighted by Crippen LogP contribution is 2.18. The summed E-state index contributed by atoms with van der Waals surface area (Å²) in [4.78, 5) is 4.64. The second-order valence-electron chi connectivity index (χ2n) is 4.36. The predicted molar refractivity (Wildman–Crippen MR) is 80.6 cm³/mol. The SMILES string of the molecule is CC.CCC(C)C(C)N=C(C)c1ccccc1O. The van der Waals surface area contributed by atoms with Gasteiger partial charge in [-0.2, -0.15) is 0 Å². The highest BCUT2D eigenvalue weighted by molar-refractivity contribution is 6.01. The minimum absolute atomic E-state index is 0.296. The van der Waals surface area contributed by atoms with Gasteiger partial charge in [-0.25, -0.2) is 0 Å². The first kappa shape index (κ1) is 16.7. The zero-order valence-corrected chi connectivity index (χ0v) is 12.6. The largest absolute Gasteiger partial charge is 0.507 e. The van der Waals surface area contributed by atoms with Crippen molar-refractivity contribution in [2.45, 2.75) is 54.0 Å². The van der Waals surface area contributed by atoms with E-state index in [1.165, 1.54) is 0 Å². The summed E-state index contributed by atoms with van der Waals surface area (Å²) in [6.07, 6.45) is 1.12. The predicted octanol–water partition coefficient (Wildman–Crippen LogP) is 4.66. The summed E-state index contributed by atoms with van der Waals surface area (Å²) >= 11 is 0. The fraction of sp³-hybridized carbons (Fsp3) is 0.562. The van der Waals surface area contributed by atoms with E-state index in [0.29, 0.717) is 17.7 Å². The van der Waals surface area contributed by atoms with Gasteiger partial charge in [0.15, 0.2) is 0 Å². The van der Waals surface area contributed by atoms with E-state index in [1.807, 2.05) is 39.0 Å². The maximum atomic E-state index is 9.71. The fourth-order valence-electron chi connectivity index (χ4n) is 1.62. The molecule has 1 rings (SSSR count). The quantitative estimate of drug-likeness (QED) is 0.773. The van der Waals surface area contributed by atoms with E-state index in [9.17, 15) is 5.11 Å². The third-order valence-electron chi connectivity index (χ3n) is 3.16. The van der Waals surface area contributed by atoms with E-state index in [0.717, 1.165) is 17.7 Å². The van der Waals surface area contributed by atoms with E-state index in [2.05, 4.69) is 25.8 Å². The number of phenols is 1. The van der Waals surface area contributed by atoms with E-state index < -0.39 is 0 Å². The van der Waals surface area contributed by atoms with Gasteiger partial charge < -0.3 is 5.11 Å². The number of aliphatic imine (C=N–C) groups is 1. The average Bonchev–Trinajstić information content (AvgIpc) is 2.40. The van der Waals surface area contributed by atoms with E-state index in [4.69, 9.17) is 0 Å². The molecule has 0 aliphatic heterocycles. The monoisotopic (exact) mass is 249 g/mol. The lowest BCUT2D eigenvalue weighted by Gasteiger charge is -2.15. The number of nitrogens with zero attached hydrogens (tertiary/aromatic N) is 1. The summed E-state index contributed by atoms with van der Waals surface area (Å²) in [5.41, 5.74) is 1.74. The van der Waals surface area contributed by atoms with Crippen LogP contribution in [0.25, 0.3) is 0 Å². The zero-order chi connectivity index (χ0) is 14.1. The zero-order valence-electron chi connectivity index (χ0n) is 12.6.